The van der Waals surface area contributed by atoms with Crippen molar-refractivity contribution in [2.24, 2.45) is 5.73 Å². The first kappa shape index (κ1) is 8.90. The second kappa shape index (κ2) is 3.47. The van der Waals surface area contributed by atoms with Crippen molar-refractivity contribution in [1.29, 1.82) is 0 Å². The molecule has 0 spiro atoms. The number of hydrogen-bond donors (Lipinski definition) is 3. The predicted molar refractivity (Wildman–Crippen MR) is 47.1 cm³/mol. The van der Waals surface area contributed by atoms with Gasteiger partial charge in [0, 0.05) is 17.4 Å². The van der Waals surface area contributed by atoms with Crippen LogP contribution in [0, 0.1) is 0 Å². The van der Waals surface area contributed by atoms with Crippen LogP contribution in [0.2, 0.25) is 0 Å². The Morgan fingerprint density at radius 3 is 2.83 bits per heavy atom. The number of rotatable bonds is 2. The van der Waals surface area contributed by atoms with Crippen LogP contribution in [-0.4, -0.2) is 18.5 Å². The van der Waals surface area contributed by atoms with Gasteiger partial charge in [0.2, 0.25) is 5.91 Å². The molecule has 0 aromatic rings. The Balaban J connectivity index is 2.64. The van der Waals surface area contributed by atoms with E-state index in [-0.39, 0.29) is 5.91 Å². The van der Waals surface area contributed by atoms with Crippen LogP contribution in [0.15, 0.2) is 11.4 Å². The van der Waals surface area contributed by atoms with Crippen LogP contribution in [0.25, 0.3) is 0 Å². The minimum Gasteiger partial charge on any atom is -0.399 e. The quantitative estimate of drug-likeness (QED) is 0.530. The van der Waals surface area contributed by atoms with Crippen molar-refractivity contribution in [3.8, 4) is 0 Å². The fourth-order valence-corrected chi connectivity index (χ4v) is 1.13. The maximum atomic E-state index is 11.0. The van der Waals surface area contributed by atoms with Crippen molar-refractivity contribution in [2.75, 3.05) is 6.54 Å². The lowest BCUT2D eigenvalue weighted by atomic mass is 10.1. The summed E-state index contributed by atoms with van der Waals surface area (Å²) < 4.78 is 0. The Hall–Kier alpha value is -1.19. The molecule has 0 aromatic carbocycles. The number of carbonyl (C=O) groups is 1. The molecule has 0 unspecified atom stereocenters. The molecule has 0 aliphatic carbocycles. The summed E-state index contributed by atoms with van der Waals surface area (Å²) in [5.74, 6) is 0.0346. The molecule has 0 saturated heterocycles. The number of nitrogens with two attached hydrogens (primary N) is 1. The standard InChI is InChI=1S/C8H15N3O/c1-5(2)11-7-3-8(12)10-4-6(7)9/h5,11H,3-4,9H2,1-2H3,(H,10,12). The van der Waals surface area contributed by atoms with Gasteiger partial charge in [-0.25, -0.2) is 0 Å². The van der Waals surface area contributed by atoms with Crippen LogP contribution in [0.3, 0.4) is 0 Å². The van der Waals surface area contributed by atoms with Gasteiger partial charge in [-0.15, -0.1) is 0 Å². The molecule has 1 rings (SSSR count). The zero-order valence-corrected chi connectivity index (χ0v) is 7.48. The highest BCUT2D eigenvalue weighted by molar-refractivity contribution is 5.80. The maximum Gasteiger partial charge on any atom is 0.226 e. The van der Waals surface area contributed by atoms with E-state index in [1.165, 1.54) is 0 Å². The fourth-order valence-electron chi connectivity index (χ4n) is 1.13. The smallest absolute Gasteiger partial charge is 0.226 e. The van der Waals surface area contributed by atoms with Crippen LogP contribution in [0.1, 0.15) is 20.3 Å². The average molecular weight is 169 g/mol. The summed E-state index contributed by atoms with van der Waals surface area (Å²) >= 11 is 0. The molecule has 0 bridgehead atoms. The molecule has 4 N–H and O–H groups in total. The number of carbonyl (C=O) groups excluding carboxylic acids is 1. The minimum absolute atomic E-state index is 0.0346. The van der Waals surface area contributed by atoms with Crippen LogP contribution < -0.4 is 16.4 Å². The lowest BCUT2D eigenvalue weighted by Crippen LogP contribution is -2.39. The predicted octanol–water partition coefficient (Wildman–Crippen LogP) is -0.325. The van der Waals surface area contributed by atoms with Crippen molar-refractivity contribution in [1.82, 2.24) is 10.6 Å². The molecule has 1 aliphatic heterocycles. The minimum atomic E-state index is 0.0346. The van der Waals surface area contributed by atoms with E-state index < -0.39 is 0 Å². The van der Waals surface area contributed by atoms with Gasteiger partial charge in [0.1, 0.15) is 0 Å². The van der Waals surface area contributed by atoms with Crippen LogP contribution in [-0.2, 0) is 4.79 Å². The Morgan fingerprint density at radius 2 is 2.25 bits per heavy atom. The largest absolute Gasteiger partial charge is 0.399 e. The van der Waals surface area contributed by atoms with Gasteiger partial charge in [-0.2, -0.15) is 0 Å². The molecular formula is C8H15N3O. The van der Waals surface area contributed by atoms with Gasteiger partial charge in [0.05, 0.1) is 13.0 Å². The molecule has 0 aromatic heterocycles. The third kappa shape index (κ3) is 2.15. The summed E-state index contributed by atoms with van der Waals surface area (Å²) in [6.07, 6.45) is 0.379. The summed E-state index contributed by atoms with van der Waals surface area (Å²) in [4.78, 5) is 11.0. The van der Waals surface area contributed by atoms with E-state index in [1.807, 2.05) is 13.8 Å². The van der Waals surface area contributed by atoms with Gasteiger partial charge in [0.25, 0.3) is 0 Å². The third-order valence-electron chi connectivity index (χ3n) is 1.66. The zero-order chi connectivity index (χ0) is 9.14. The summed E-state index contributed by atoms with van der Waals surface area (Å²) in [6.45, 7) is 4.51. The second-order valence-corrected chi connectivity index (χ2v) is 3.26. The lowest BCUT2D eigenvalue weighted by molar-refractivity contribution is -0.120. The van der Waals surface area contributed by atoms with Crippen molar-refractivity contribution in [3.05, 3.63) is 11.4 Å². The number of nitrogens with one attached hydrogen (secondary N) is 2. The molecule has 1 amide bonds. The van der Waals surface area contributed by atoms with Crippen molar-refractivity contribution in [2.45, 2.75) is 26.3 Å². The first-order chi connectivity index (χ1) is 5.59. The maximum absolute atomic E-state index is 11.0. The molecule has 0 fully saturated rings. The second-order valence-electron chi connectivity index (χ2n) is 3.26. The van der Waals surface area contributed by atoms with Gasteiger partial charge >= 0.3 is 0 Å². The van der Waals surface area contributed by atoms with E-state index in [9.17, 15) is 4.79 Å². The van der Waals surface area contributed by atoms with Crippen LogP contribution in [0.5, 0.6) is 0 Å². The lowest BCUT2D eigenvalue weighted by Gasteiger charge is -2.21. The SMILES string of the molecule is CC(C)NC1=C(N)CNC(=O)C1. The normalized spacial score (nSPS) is 18.1. The van der Waals surface area contributed by atoms with E-state index in [0.29, 0.717) is 19.0 Å². The molecule has 4 heteroatoms. The average Bonchev–Trinajstić information content (AvgIpc) is 1.96. The van der Waals surface area contributed by atoms with Gasteiger partial charge in [-0.05, 0) is 13.8 Å². The first-order valence-corrected chi connectivity index (χ1v) is 4.10. The third-order valence-corrected chi connectivity index (χ3v) is 1.66. The van der Waals surface area contributed by atoms with E-state index in [0.717, 1.165) is 11.4 Å². The van der Waals surface area contributed by atoms with E-state index in [2.05, 4.69) is 10.6 Å². The Labute approximate surface area is 72.2 Å². The molecule has 0 saturated carbocycles. The first-order valence-electron chi connectivity index (χ1n) is 4.10. The summed E-state index contributed by atoms with van der Waals surface area (Å²) in [7, 11) is 0. The Bertz CT molecular complexity index is 220. The zero-order valence-electron chi connectivity index (χ0n) is 7.48. The number of amides is 1. The molecule has 0 radical (unpaired) electrons. The van der Waals surface area contributed by atoms with Crippen LogP contribution >= 0.6 is 0 Å². The highest BCUT2D eigenvalue weighted by Gasteiger charge is 2.15. The van der Waals surface area contributed by atoms with Crippen molar-refractivity contribution >= 4 is 5.91 Å². The molecule has 0 atom stereocenters. The molecular weight excluding hydrogens is 154 g/mol. The number of hydrogen-bond acceptors (Lipinski definition) is 3. The van der Waals surface area contributed by atoms with Gasteiger partial charge in [-0.1, -0.05) is 0 Å². The topological polar surface area (TPSA) is 67.2 Å². The molecule has 4 nitrogen and oxygen atoms in total. The van der Waals surface area contributed by atoms with Crippen LogP contribution in [0.4, 0.5) is 0 Å². The molecule has 68 valence electrons. The molecule has 12 heavy (non-hydrogen) atoms. The fraction of sp³-hybridized carbons (Fsp3) is 0.625. The van der Waals surface area contributed by atoms with Gasteiger partial charge in [-0.3, -0.25) is 4.79 Å². The summed E-state index contributed by atoms with van der Waals surface area (Å²) in [5, 5.41) is 5.83. The van der Waals surface area contributed by atoms with E-state index in [4.69, 9.17) is 5.73 Å². The van der Waals surface area contributed by atoms with Crippen molar-refractivity contribution < 1.29 is 4.79 Å². The molecule has 1 aliphatic rings. The van der Waals surface area contributed by atoms with Gasteiger partial charge in [0.15, 0.2) is 0 Å². The Kier molecular flexibility index (Phi) is 2.58. The monoisotopic (exact) mass is 169 g/mol. The van der Waals surface area contributed by atoms with Gasteiger partial charge < -0.3 is 16.4 Å². The summed E-state index contributed by atoms with van der Waals surface area (Å²) in [6, 6.07) is 0.324. The highest BCUT2D eigenvalue weighted by atomic mass is 16.1. The summed E-state index contributed by atoms with van der Waals surface area (Å²) in [5.41, 5.74) is 7.30. The highest BCUT2D eigenvalue weighted by Crippen LogP contribution is 2.06. The van der Waals surface area contributed by atoms with Crippen molar-refractivity contribution in [3.63, 3.8) is 0 Å². The van der Waals surface area contributed by atoms with E-state index in [1.54, 1.807) is 0 Å². The van der Waals surface area contributed by atoms with E-state index >= 15 is 0 Å². The Morgan fingerprint density at radius 1 is 1.58 bits per heavy atom. The molecule has 1 heterocycles.